The van der Waals surface area contributed by atoms with Crippen LogP contribution in [0.5, 0.6) is 0 Å². The number of carbonyl (C=O) groups is 1. The first-order valence-corrected chi connectivity index (χ1v) is 8.85. The smallest absolute Gasteiger partial charge is 0.252 e. The molecule has 2 atom stereocenters. The van der Waals surface area contributed by atoms with Crippen LogP contribution in [0.4, 0.5) is 0 Å². The number of ether oxygens (including phenoxy) is 1. The van der Waals surface area contributed by atoms with E-state index in [9.17, 15) is 13.2 Å². The van der Waals surface area contributed by atoms with Gasteiger partial charge in [-0.15, -0.1) is 11.3 Å². The number of carbonyl (C=O) groups excluding carboxylic acids is 1. The Balaban J connectivity index is 1.94. The second-order valence-electron chi connectivity index (χ2n) is 4.78. The summed E-state index contributed by atoms with van der Waals surface area (Å²) in [7, 11) is -3.74. The number of sulfonamides is 1. The van der Waals surface area contributed by atoms with Gasteiger partial charge >= 0.3 is 0 Å². The lowest BCUT2D eigenvalue weighted by Gasteiger charge is -2.16. The van der Waals surface area contributed by atoms with Crippen LogP contribution in [0.3, 0.4) is 0 Å². The average Bonchev–Trinajstić information content (AvgIpc) is 3.03. The van der Waals surface area contributed by atoms with Gasteiger partial charge < -0.3 is 10.1 Å². The predicted octanol–water partition coefficient (Wildman–Crippen LogP) is 0.940. The Morgan fingerprint density at radius 2 is 2.35 bits per heavy atom. The summed E-state index contributed by atoms with van der Waals surface area (Å²) < 4.78 is 27.9. The lowest BCUT2D eigenvalue weighted by Crippen LogP contribution is -2.32. The highest BCUT2D eigenvalue weighted by atomic mass is 32.2. The fourth-order valence-electron chi connectivity index (χ4n) is 2.29. The Morgan fingerprint density at radius 1 is 1.60 bits per heavy atom. The molecule has 2 unspecified atom stereocenters. The van der Waals surface area contributed by atoms with Crippen molar-refractivity contribution in [3.63, 3.8) is 0 Å². The summed E-state index contributed by atoms with van der Waals surface area (Å²) in [5.74, 6) is 0.0400. The Morgan fingerprint density at radius 3 is 2.95 bits per heavy atom. The van der Waals surface area contributed by atoms with Crippen LogP contribution in [0.2, 0.25) is 0 Å². The van der Waals surface area contributed by atoms with Crippen molar-refractivity contribution in [2.45, 2.75) is 30.1 Å². The van der Waals surface area contributed by atoms with E-state index in [4.69, 9.17) is 9.88 Å². The highest BCUT2D eigenvalue weighted by molar-refractivity contribution is 7.91. The molecule has 2 rings (SSSR count). The Kier molecular flexibility index (Phi) is 4.79. The minimum absolute atomic E-state index is 0.00159. The molecular weight excluding hydrogens is 300 g/mol. The molecule has 0 saturated carbocycles. The van der Waals surface area contributed by atoms with Gasteiger partial charge in [0.05, 0.1) is 11.7 Å². The van der Waals surface area contributed by atoms with Gasteiger partial charge in [0.25, 0.3) is 5.91 Å². The van der Waals surface area contributed by atoms with Crippen LogP contribution in [0, 0.1) is 5.92 Å². The molecule has 1 saturated heterocycles. The van der Waals surface area contributed by atoms with Crippen LogP contribution < -0.4 is 10.5 Å². The van der Waals surface area contributed by atoms with Crippen molar-refractivity contribution in [1.82, 2.24) is 5.32 Å². The molecule has 1 amide bonds. The summed E-state index contributed by atoms with van der Waals surface area (Å²) in [6.45, 7) is 3.33. The number of amides is 1. The third-order valence-electron chi connectivity index (χ3n) is 3.39. The van der Waals surface area contributed by atoms with Gasteiger partial charge in [-0.1, -0.05) is 6.92 Å². The fraction of sp³-hybridized carbons (Fsp3) is 0.583. The molecule has 1 aromatic rings. The number of nitrogens with one attached hydrogen (secondary N) is 1. The third-order valence-corrected chi connectivity index (χ3v) is 5.78. The van der Waals surface area contributed by atoms with Crippen LogP contribution >= 0.6 is 11.3 Å². The van der Waals surface area contributed by atoms with Gasteiger partial charge in [0, 0.05) is 24.4 Å². The highest BCUT2D eigenvalue weighted by Crippen LogP contribution is 2.23. The Hall–Kier alpha value is -0.960. The second kappa shape index (κ2) is 6.21. The number of nitrogens with two attached hydrogens (primary N) is 1. The van der Waals surface area contributed by atoms with Gasteiger partial charge in [0.1, 0.15) is 4.21 Å². The standard InChI is InChI=1S/C12H18N2O4S2/c1-2-10-8(3-4-18-10)6-14-12(15)9-5-11(19-7-9)20(13,16)17/h5,7-8,10H,2-4,6H2,1H3,(H,14,15)(H2,13,16,17). The van der Waals surface area contributed by atoms with Crippen molar-refractivity contribution in [2.24, 2.45) is 11.1 Å². The molecule has 2 heterocycles. The summed E-state index contributed by atoms with van der Waals surface area (Å²) in [6.07, 6.45) is 2.05. The molecule has 1 aliphatic heterocycles. The average molecular weight is 318 g/mol. The molecule has 0 aromatic carbocycles. The zero-order valence-corrected chi connectivity index (χ0v) is 12.8. The first-order valence-electron chi connectivity index (χ1n) is 6.43. The SMILES string of the molecule is CCC1OCCC1CNC(=O)c1csc(S(N)(=O)=O)c1. The summed E-state index contributed by atoms with van der Waals surface area (Å²) in [4.78, 5) is 12.0. The molecule has 20 heavy (non-hydrogen) atoms. The maximum atomic E-state index is 12.0. The quantitative estimate of drug-likeness (QED) is 0.844. The summed E-state index contributed by atoms with van der Waals surface area (Å²) >= 11 is 0.949. The molecule has 8 heteroatoms. The van der Waals surface area contributed by atoms with Gasteiger partial charge in [-0.3, -0.25) is 4.79 Å². The molecule has 0 radical (unpaired) electrons. The predicted molar refractivity (Wildman–Crippen MR) is 76.2 cm³/mol. The van der Waals surface area contributed by atoms with Crippen LogP contribution in [0.25, 0.3) is 0 Å². The molecule has 3 N–H and O–H groups in total. The van der Waals surface area contributed by atoms with Gasteiger partial charge in [0.2, 0.25) is 10.0 Å². The lowest BCUT2D eigenvalue weighted by molar-refractivity contribution is 0.0827. The Labute approximate surface area is 122 Å². The first-order chi connectivity index (χ1) is 9.41. The van der Waals surface area contributed by atoms with Crippen LogP contribution in [0.1, 0.15) is 30.1 Å². The number of hydrogen-bond donors (Lipinski definition) is 2. The number of thiophene rings is 1. The summed E-state index contributed by atoms with van der Waals surface area (Å²) in [5, 5.41) is 9.33. The van der Waals surface area contributed by atoms with E-state index in [-0.39, 0.29) is 16.2 Å². The van der Waals surface area contributed by atoms with E-state index in [1.54, 1.807) is 0 Å². The molecular formula is C12H18N2O4S2. The monoisotopic (exact) mass is 318 g/mol. The molecule has 6 nitrogen and oxygen atoms in total. The number of primary sulfonamides is 1. The maximum absolute atomic E-state index is 12.0. The van der Waals surface area contributed by atoms with Crippen LogP contribution in [-0.4, -0.2) is 33.6 Å². The maximum Gasteiger partial charge on any atom is 0.252 e. The normalized spacial score (nSPS) is 22.9. The van der Waals surface area contributed by atoms with Crippen molar-refractivity contribution in [2.75, 3.05) is 13.2 Å². The minimum atomic E-state index is -3.74. The zero-order chi connectivity index (χ0) is 14.8. The van der Waals surface area contributed by atoms with E-state index in [0.29, 0.717) is 18.0 Å². The van der Waals surface area contributed by atoms with E-state index in [1.165, 1.54) is 11.4 Å². The number of hydrogen-bond acceptors (Lipinski definition) is 5. The molecule has 0 bridgehead atoms. The van der Waals surface area contributed by atoms with E-state index in [2.05, 4.69) is 12.2 Å². The van der Waals surface area contributed by atoms with Crippen molar-refractivity contribution in [1.29, 1.82) is 0 Å². The third kappa shape index (κ3) is 3.57. The van der Waals surface area contributed by atoms with E-state index >= 15 is 0 Å². The van der Waals surface area contributed by atoms with Gasteiger partial charge in [-0.05, 0) is 18.9 Å². The summed E-state index contributed by atoms with van der Waals surface area (Å²) in [5.41, 5.74) is 0.325. The van der Waals surface area contributed by atoms with Crippen molar-refractivity contribution in [3.8, 4) is 0 Å². The van der Waals surface area contributed by atoms with Crippen molar-refractivity contribution in [3.05, 3.63) is 17.0 Å². The molecule has 0 aliphatic carbocycles. The van der Waals surface area contributed by atoms with Gasteiger partial charge in [0.15, 0.2) is 0 Å². The topological polar surface area (TPSA) is 98.5 Å². The van der Waals surface area contributed by atoms with Crippen molar-refractivity contribution >= 4 is 27.3 Å². The Bertz CT molecular complexity index is 582. The van der Waals surface area contributed by atoms with Crippen molar-refractivity contribution < 1.29 is 17.9 Å². The van der Waals surface area contributed by atoms with Gasteiger partial charge in [-0.25, -0.2) is 13.6 Å². The van der Waals surface area contributed by atoms with E-state index in [0.717, 1.165) is 30.8 Å². The zero-order valence-electron chi connectivity index (χ0n) is 11.2. The molecule has 1 aromatic heterocycles. The molecule has 112 valence electrons. The molecule has 1 aliphatic rings. The van der Waals surface area contributed by atoms with E-state index in [1.807, 2.05) is 0 Å². The lowest BCUT2D eigenvalue weighted by atomic mass is 9.99. The fourth-order valence-corrected chi connectivity index (χ4v) is 3.87. The molecule has 0 spiro atoms. The van der Waals surface area contributed by atoms with E-state index < -0.39 is 10.0 Å². The van der Waals surface area contributed by atoms with Crippen LogP contribution in [-0.2, 0) is 14.8 Å². The number of rotatable bonds is 5. The first kappa shape index (κ1) is 15.4. The molecule has 1 fully saturated rings. The highest BCUT2D eigenvalue weighted by Gasteiger charge is 2.27. The summed E-state index contributed by atoms with van der Waals surface area (Å²) in [6, 6.07) is 1.30. The largest absolute Gasteiger partial charge is 0.378 e. The van der Waals surface area contributed by atoms with Gasteiger partial charge in [-0.2, -0.15) is 0 Å². The van der Waals surface area contributed by atoms with Crippen LogP contribution in [0.15, 0.2) is 15.7 Å². The second-order valence-corrected chi connectivity index (χ2v) is 7.48. The minimum Gasteiger partial charge on any atom is -0.378 e.